The van der Waals surface area contributed by atoms with Gasteiger partial charge >= 0.3 is 0 Å². The van der Waals surface area contributed by atoms with Gasteiger partial charge in [-0.15, -0.1) is 11.3 Å². The van der Waals surface area contributed by atoms with Crippen molar-refractivity contribution in [1.29, 1.82) is 0 Å². The molecule has 0 bridgehead atoms. The second-order valence-electron chi connectivity index (χ2n) is 5.73. The Morgan fingerprint density at radius 2 is 1.80 bits per heavy atom. The van der Waals surface area contributed by atoms with Gasteiger partial charge in [0.15, 0.2) is 11.5 Å². The van der Waals surface area contributed by atoms with Crippen LogP contribution in [0.4, 0.5) is 0 Å². The molecule has 130 valence electrons. The van der Waals surface area contributed by atoms with Crippen LogP contribution in [0, 0.1) is 0 Å². The van der Waals surface area contributed by atoms with E-state index in [2.05, 4.69) is 6.07 Å². The smallest absolute Gasteiger partial charge is 0.161 e. The van der Waals surface area contributed by atoms with Crippen LogP contribution < -0.4 is 15.2 Å². The Bertz CT molecular complexity index is 803. The second-order valence-corrected chi connectivity index (χ2v) is 7.14. The summed E-state index contributed by atoms with van der Waals surface area (Å²) in [6, 6.07) is 17.6. The van der Waals surface area contributed by atoms with Crippen LogP contribution in [0.2, 0.25) is 5.02 Å². The van der Waals surface area contributed by atoms with Crippen molar-refractivity contribution in [2.24, 2.45) is 5.73 Å². The third kappa shape index (κ3) is 4.75. The summed E-state index contributed by atoms with van der Waals surface area (Å²) in [7, 11) is 1.65. The first-order chi connectivity index (χ1) is 12.2. The van der Waals surface area contributed by atoms with Crippen LogP contribution in [0.25, 0.3) is 0 Å². The van der Waals surface area contributed by atoms with Crippen LogP contribution in [0.3, 0.4) is 0 Å². The lowest BCUT2D eigenvalue weighted by atomic mass is 10.0. The average molecular weight is 374 g/mol. The number of hydrogen-bond donors (Lipinski definition) is 1. The van der Waals surface area contributed by atoms with Gasteiger partial charge in [0.1, 0.15) is 6.61 Å². The molecule has 0 spiro atoms. The molecule has 1 unspecified atom stereocenters. The van der Waals surface area contributed by atoms with Crippen molar-refractivity contribution < 1.29 is 9.47 Å². The van der Waals surface area contributed by atoms with Gasteiger partial charge in [-0.1, -0.05) is 35.9 Å². The maximum atomic E-state index is 6.28. The molecule has 1 atom stereocenters. The lowest BCUT2D eigenvalue weighted by Crippen LogP contribution is -2.11. The summed E-state index contributed by atoms with van der Waals surface area (Å²) in [4.78, 5) is 1.18. The van der Waals surface area contributed by atoms with Crippen LogP contribution in [-0.2, 0) is 13.0 Å². The van der Waals surface area contributed by atoms with Crippen LogP contribution >= 0.6 is 22.9 Å². The third-order valence-electron chi connectivity index (χ3n) is 3.90. The van der Waals surface area contributed by atoms with Crippen molar-refractivity contribution in [2.45, 2.75) is 19.1 Å². The van der Waals surface area contributed by atoms with Gasteiger partial charge in [-0.3, -0.25) is 0 Å². The quantitative estimate of drug-likeness (QED) is 0.616. The summed E-state index contributed by atoms with van der Waals surface area (Å²) in [6.07, 6.45) is 0.758. The summed E-state index contributed by atoms with van der Waals surface area (Å²) in [5, 5.41) is 2.76. The Hall–Kier alpha value is -2.01. The highest BCUT2D eigenvalue weighted by molar-refractivity contribution is 7.10. The van der Waals surface area contributed by atoms with Crippen LogP contribution in [-0.4, -0.2) is 7.11 Å². The van der Waals surface area contributed by atoms with Gasteiger partial charge in [0.25, 0.3) is 0 Å². The highest BCUT2D eigenvalue weighted by atomic mass is 35.5. The van der Waals surface area contributed by atoms with E-state index in [1.807, 2.05) is 53.9 Å². The van der Waals surface area contributed by atoms with Gasteiger partial charge in [-0.25, -0.2) is 0 Å². The van der Waals surface area contributed by atoms with Crippen molar-refractivity contribution in [2.75, 3.05) is 7.11 Å². The number of rotatable bonds is 7. The molecule has 0 fully saturated rings. The van der Waals surface area contributed by atoms with Crippen LogP contribution in [0.5, 0.6) is 11.5 Å². The van der Waals surface area contributed by atoms with Gasteiger partial charge in [0, 0.05) is 15.9 Å². The molecular formula is C20H20ClNO2S. The molecule has 2 aromatic carbocycles. The van der Waals surface area contributed by atoms with Gasteiger partial charge in [0.2, 0.25) is 0 Å². The zero-order valence-electron chi connectivity index (χ0n) is 13.9. The monoisotopic (exact) mass is 373 g/mol. The zero-order chi connectivity index (χ0) is 17.6. The Morgan fingerprint density at radius 1 is 1.04 bits per heavy atom. The summed E-state index contributed by atoms with van der Waals surface area (Å²) < 4.78 is 11.4. The number of methoxy groups -OCH3 is 1. The topological polar surface area (TPSA) is 44.5 Å². The number of ether oxygens (including phenoxy) is 2. The maximum Gasteiger partial charge on any atom is 0.161 e. The molecule has 0 aliphatic heterocycles. The Morgan fingerprint density at radius 3 is 2.48 bits per heavy atom. The number of thiophene rings is 1. The van der Waals surface area contributed by atoms with E-state index in [1.165, 1.54) is 4.88 Å². The fraction of sp³-hybridized carbons (Fsp3) is 0.200. The van der Waals surface area contributed by atoms with Crippen molar-refractivity contribution in [3.05, 3.63) is 81.0 Å². The Labute approximate surface area is 157 Å². The molecule has 3 aromatic rings. The molecule has 2 N–H and O–H groups in total. The van der Waals surface area contributed by atoms with E-state index < -0.39 is 0 Å². The zero-order valence-corrected chi connectivity index (χ0v) is 15.5. The molecule has 0 radical (unpaired) electrons. The molecule has 5 heteroatoms. The van der Waals surface area contributed by atoms with E-state index in [0.29, 0.717) is 23.1 Å². The van der Waals surface area contributed by atoms with Crippen molar-refractivity contribution in [1.82, 2.24) is 0 Å². The molecule has 0 saturated heterocycles. The van der Waals surface area contributed by atoms with Gasteiger partial charge in [-0.05, 0) is 53.3 Å². The van der Waals surface area contributed by atoms with Crippen LogP contribution in [0.1, 0.15) is 22.0 Å². The highest BCUT2D eigenvalue weighted by Crippen LogP contribution is 2.31. The van der Waals surface area contributed by atoms with E-state index in [-0.39, 0.29) is 6.04 Å². The number of nitrogens with two attached hydrogens (primary N) is 1. The number of hydrogen-bond acceptors (Lipinski definition) is 4. The molecule has 1 aromatic heterocycles. The normalized spacial score (nSPS) is 12.0. The van der Waals surface area contributed by atoms with Crippen molar-refractivity contribution >= 4 is 22.9 Å². The van der Waals surface area contributed by atoms with Gasteiger partial charge in [0.05, 0.1) is 7.11 Å². The fourth-order valence-corrected chi connectivity index (χ4v) is 3.41. The minimum atomic E-state index is -0.00876. The SMILES string of the molecule is COc1cc(CC(N)c2cccs2)ccc1OCc1ccc(Cl)cc1. The molecule has 3 nitrogen and oxygen atoms in total. The Balaban J connectivity index is 1.67. The van der Waals surface area contributed by atoms with Crippen molar-refractivity contribution in [3.8, 4) is 11.5 Å². The third-order valence-corrected chi connectivity index (χ3v) is 5.16. The van der Waals surface area contributed by atoms with E-state index >= 15 is 0 Å². The second kappa shape index (κ2) is 8.39. The first-order valence-electron chi connectivity index (χ1n) is 7.99. The standard InChI is InChI=1S/C20H20ClNO2S/c1-23-19-12-15(11-17(22)20-3-2-10-25-20)6-9-18(19)24-13-14-4-7-16(21)8-5-14/h2-10,12,17H,11,13,22H2,1H3. The summed E-state index contributed by atoms with van der Waals surface area (Å²) in [6.45, 7) is 0.460. The van der Waals surface area contributed by atoms with E-state index in [0.717, 1.165) is 17.5 Å². The number of benzene rings is 2. The minimum Gasteiger partial charge on any atom is -0.493 e. The molecule has 3 rings (SSSR count). The molecular weight excluding hydrogens is 354 g/mol. The molecule has 0 aliphatic carbocycles. The molecule has 0 amide bonds. The van der Waals surface area contributed by atoms with Gasteiger partial charge < -0.3 is 15.2 Å². The maximum absolute atomic E-state index is 6.28. The molecule has 25 heavy (non-hydrogen) atoms. The van der Waals surface area contributed by atoms with Crippen LogP contribution in [0.15, 0.2) is 60.0 Å². The van der Waals surface area contributed by atoms with E-state index in [1.54, 1.807) is 18.4 Å². The minimum absolute atomic E-state index is 0.00876. The lowest BCUT2D eigenvalue weighted by Gasteiger charge is -2.14. The molecule has 1 heterocycles. The van der Waals surface area contributed by atoms with Crippen molar-refractivity contribution in [3.63, 3.8) is 0 Å². The predicted octanol–water partition coefficient (Wildman–Crippen LogP) is 5.23. The summed E-state index contributed by atoms with van der Waals surface area (Å²) >= 11 is 7.58. The summed E-state index contributed by atoms with van der Waals surface area (Å²) in [5.74, 6) is 1.43. The average Bonchev–Trinajstić information content (AvgIpc) is 3.16. The summed E-state index contributed by atoms with van der Waals surface area (Å²) in [5.41, 5.74) is 8.45. The first-order valence-corrected chi connectivity index (χ1v) is 9.24. The lowest BCUT2D eigenvalue weighted by molar-refractivity contribution is 0.284. The Kier molecular flexibility index (Phi) is 5.97. The fourth-order valence-electron chi connectivity index (χ4n) is 2.56. The first kappa shape index (κ1) is 17.8. The van der Waals surface area contributed by atoms with E-state index in [9.17, 15) is 0 Å². The molecule has 0 saturated carbocycles. The predicted molar refractivity (Wildman–Crippen MR) is 104 cm³/mol. The van der Waals surface area contributed by atoms with Gasteiger partial charge in [-0.2, -0.15) is 0 Å². The number of halogens is 1. The highest BCUT2D eigenvalue weighted by Gasteiger charge is 2.11. The van der Waals surface area contributed by atoms with E-state index in [4.69, 9.17) is 26.8 Å². The molecule has 0 aliphatic rings. The largest absolute Gasteiger partial charge is 0.493 e.